The predicted octanol–water partition coefficient (Wildman–Crippen LogP) is 2.32. The normalized spacial score (nSPS) is 24.4. The smallest absolute Gasteiger partial charge is 0.276 e. The highest BCUT2D eigenvalue weighted by atomic mass is 16.3. The van der Waals surface area contributed by atoms with Crippen molar-refractivity contribution in [3.05, 3.63) is 45.3 Å². The molecule has 5 rings (SSSR count). The van der Waals surface area contributed by atoms with Crippen LogP contribution in [0.4, 0.5) is 0 Å². The highest BCUT2D eigenvalue weighted by molar-refractivity contribution is 5.93. The van der Waals surface area contributed by atoms with Gasteiger partial charge in [-0.2, -0.15) is 0 Å². The van der Waals surface area contributed by atoms with Gasteiger partial charge in [0.05, 0.1) is 5.69 Å². The summed E-state index contributed by atoms with van der Waals surface area (Å²) >= 11 is 0. The van der Waals surface area contributed by atoms with E-state index < -0.39 is 0 Å². The van der Waals surface area contributed by atoms with E-state index in [0.29, 0.717) is 36.9 Å². The monoisotopic (exact) mass is 368 g/mol. The second kappa shape index (κ2) is 6.04. The molecule has 1 saturated heterocycles. The first-order valence-electron chi connectivity index (χ1n) is 9.96. The maximum atomic E-state index is 13.1. The van der Waals surface area contributed by atoms with E-state index in [1.54, 1.807) is 0 Å². The lowest BCUT2D eigenvalue weighted by Gasteiger charge is -2.40. The molecule has 1 saturated carbocycles. The van der Waals surface area contributed by atoms with Crippen LogP contribution in [0.25, 0.3) is 0 Å². The highest BCUT2D eigenvalue weighted by Gasteiger charge is 2.46. The fourth-order valence-corrected chi connectivity index (χ4v) is 4.77. The Morgan fingerprint density at radius 3 is 3.04 bits per heavy atom. The molecular formula is C20H24N4O3. The molecule has 7 heteroatoms. The average Bonchev–Trinajstić information content (AvgIpc) is 3.33. The van der Waals surface area contributed by atoms with Gasteiger partial charge in [-0.3, -0.25) is 9.59 Å². The Morgan fingerprint density at radius 2 is 2.26 bits per heavy atom. The van der Waals surface area contributed by atoms with Gasteiger partial charge in [0, 0.05) is 36.4 Å². The summed E-state index contributed by atoms with van der Waals surface area (Å²) in [4.78, 5) is 39.6. The molecule has 27 heavy (non-hydrogen) atoms. The number of carbonyl (C=O) groups excluding carboxylic acids is 1. The molecule has 1 aliphatic heterocycles. The van der Waals surface area contributed by atoms with E-state index in [1.165, 1.54) is 6.39 Å². The summed E-state index contributed by atoms with van der Waals surface area (Å²) in [5, 5.41) is 0. The van der Waals surface area contributed by atoms with Crippen molar-refractivity contribution in [2.45, 2.75) is 63.2 Å². The number of rotatable bonds is 3. The molecule has 1 N–H and O–H groups in total. The fourth-order valence-electron chi connectivity index (χ4n) is 4.77. The lowest BCUT2D eigenvalue weighted by molar-refractivity contribution is 0.0625. The van der Waals surface area contributed by atoms with Crippen LogP contribution in [0.3, 0.4) is 0 Å². The van der Waals surface area contributed by atoms with Gasteiger partial charge in [-0.05, 0) is 38.5 Å². The van der Waals surface area contributed by atoms with Gasteiger partial charge in [0.25, 0.3) is 11.5 Å². The molecule has 3 aliphatic rings. The number of carbonyl (C=O) groups is 1. The van der Waals surface area contributed by atoms with Crippen LogP contribution in [0, 0.1) is 0 Å². The maximum absolute atomic E-state index is 13.1. The van der Waals surface area contributed by atoms with Gasteiger partial charge in [0.15, 0.2) is 12.1 Å². The van der Waals surface area contributed by atoms with Crippen LogP contribution in [-0.2, 0) is 18.3 Å². The third-order valence-electron chi connectivity index (χ3n) is 6.38. The first-order valence-corrected chi connectivity index (χ1v) is 9.96. The zero-order chi connectivity index (χ0) is 18.6. The molecule has 2 fully saturated rings. The van der Waals surface area contributed by atoms with E-state index in [4.69, 9.17) is 9.40 Å². The van der Waals surface area contributed by atoms with Crippen LogP contribution in [0.5, 0.6) is 0 Å². The molecule has 0 aromatic carbocycles. The number of aryl methyl sites for hydroxylation is 1. The predicted molar refractivity (Wildman–Crippen MR) is 97.9 cm³/mol. The number of amides is 1. The zero-order valence-electron chi connectivity index (χ0n) is 15.6. The topological polar surface area (TPSA) is 92.1 Å². The van der Waals surface area contributed by atoms with Crippen LogP contribution in [0.15, 0.2) is 15.6 Å². The van der Waals surface area contributed by atoms with E-state index in [2.05, 4.69) is 9.97 Å². The minimum Gasteiger partial charge on any atom is -0.448 e. The molecule has 1 amide bonds. The van der Waals surface area contributed by atoms with Crippen molar-refractivity contribution in [1.29, 1.82) is 0 Å². The molecule has 2 aromatic rings. The fraction of sp³-hybridized carbons (Fsp3) is 0.600. The summed E-state index contributed by atoms with van der Waals surface area (Å²) in [6.07, 6.45) is 7.72. The number of fused-ring (bicyclic) bond motifs is 2. The van der Waals surface area contributed by atoms with Crippen molar-refractivity contribution >= 4 is 5.91 Å². The molecule has 1 atom stereocenters. The highest BCUT2D eigenvalue weighted by Crippen LogP contribution is 2.45. The number of oxazole rings is 1. The molecule has 3 heterocycles. The lowest BCUT2D eigenvalue weighted by atomic mass is 9.77. The van der Waals surface area contributed by atoms with Gasteiger partial charge in [-0.25, -0.2) is 9.97 Å². The second-order valence-corrected chi connectivity index (χ2v) is 8.14. The van der Waals surface area contributed by atoms with Gasteiger partial charge in [0.2, 0.25) is 0 Å². The minimum atomic E-state index is -0.197. The van der Waals surface area contributed by atoms with E-state index in [-0.39, 0.29) is 16.9 Å². The van der Waals surface area contributed by atoms with Crippen LogP contribution < -0.4 is 5.56 Å². The standard InChI is InChI=1S/C20H24N4O3/c1-2-14-15(21-11-27-14)19(26)24-9-3-7-20(10-24)8-6-13-16(20)22-17(12-4-5-12)23-18(13)25/h11-12H,2-10H2,1H3,(H,22,23,25). The number of H-pyrrole nitrogens is 1. The Bertz CT molecular complexity index is 958. The maximum Gasteiger partial charge on any atom is 0.276 e. The second-order valence-electron chi connectivity index (χ2n) is 8.14. The molecule has 0 bridgehead atoms. The molecule has 2 aromatic heterocycles. The Morgan fingerprint density at radius 1 is 1.41 bits per heavy atom. The number of likely N-dealkylation sites (tertiary alicyclic amines) is 1. The van der Waals surface area contributed by atoms with E-state index >= 15 is 0 Å². The number of nitrogens with one attached hydrogen (secondary N) is 1. The summed E-state index contributed by atoms with van der Waals surface area (Å²) < 4.78 is 5.35. The zero-order valence-corrected chi connectivity index (χ0v) is 15.6. The first-order chi connectivity index (χ1) is 13.1. The molecule has 1 spiro atoms. The Kier molecular flexibility index (Phi) is 3.74. The summed E-state index contributed by atoms with van der Waals surface area (Å²) in [6.45, 7) is 3.28. The molecule has 2 aliphatic carbocycles. The van der Waals surface area contributed by atoms with E-state index in [1.807, 2.05) is 11.8 Å². The number of hydrogen-bond acceptors (Lipinski definition) is 5. The Labute approximate surface area is 157 Å². The van der Waals surface area contributed by atoms with Gasteiger partial charge in [-0.1, -0.05) is 6.92 Å². The molecule has 0 radical (unpaired) electrons. The van der Waals surface area contributed by atoms with Crippen molar-refractivity contribution in [3.63, 3.8) is 0 Å². The van der Waals surface area contributed by atoms with E-state index in [0.717, 1.165) is 55.6 Å². The number of piperidine rings is 1. The van der Waals surface area contributed by atoms with Crippen LogP contribution >= 0.6 is 0 Å². The lowest BCUT2D eigenvalue weighted by Crippen LogP contribution is -2.48. The van der Waals surface area contributed by atoms with E-state index in [9.17, 15) is 9.59 Å². The number of aromatic amines is 1. The van der Waals surface area contributed by atoms with Crippen LogP contribution in [0.1, 0.15) is 78.3 Å². The van der Waals surface area contributed by atoms with Crippen molar-refractivity contribution in [1.82, 2.24) is 19.9 Å². The Balaban J connectivity index is 1.49. The SMILES string of the molecule is CCc1ocnc1C(=O)N1CCCC2(CCc3c2nc(C2CC2)[nH]c3=O)C1. The average molecular weight is 368 g/mol. The third-order valence-corrected chi connectivity index (χ3v) is 6.38. The number of nitrogens with zero attached hydrogens (tertiary/aromatic N) is 3. The third kappa shape index (κ3) is 2.63. The first kappa shape index (κ1) is 16.7. The number of aromatic nitrogens is 3. The summed E-state index contributed by atoms with van der Waals surface area (Å²) in [6, 6.07) is 0. The quantitative estimate of drug-likeness (QED) is 0.898. The summed E-state index contributed by atoms with van der Waals surface area (Å²) in [7, 11) is 0. The number of hydrogen-bond donors (Lipinski definition) is 1. The largest absolute Gasteiger partial charge is 0.448 e. The van der Waals surface area contributed by atoms with Gasteiger partial charge < -0.3 is 14.3 Å². The molecular weight excluding hydrogens is 344 g/mol. The van der Waals surface area contributed by atoms with Crippen molar-refractivity contribution in [2.75, 3.05) is 13.1 Å². The van der Waals surface area contributed by atoms with Gasteiger partial charge in [-0.15, -0.1) is 0 Å². The van der Waals surface area contributed by atoms with Crippen molar-refractivity contribution < 1.29 is 9.21 Å². The summed E-state index contributed by atoms with van der Waals surface area (Å²) in [5.74, 6) is 1.81. The van der Waals surface area contributed by atoms with Crippen LogP contribution in [0.2, 0.25) is 0 Å². The van der Waals surface area contributed by atoms with Crippen molar-refractivity contribution in [3.8, 4) is 0 Å². The van der Waals surface area contributed by atoms with Gasteiger partial charge >= 0.3 is 0 Å². The van der Waals surface area contributed by atoms with Crippen molar-refractivity contribution in [2.24, 2.45) is 0 Å². The minimum absolute atomic E-state index is 0.0204. The molecule has 142 valence electrons. The van der Waals surface area contributed by atoms with Gasteiger partial charge in [0.1, 0.15) is 11.6 Å². The molecule has 7 nitrogen and oxygen atoms in total. The Hall–Kier alpha value is -2.44. The van der Waals surface area contributed by atoms with Crippen LogP contribution in [-0.4, -0.2) is 38.8 Å². The summed E-state index contributed by atoms with van der Waals surface area (Å²) in [5.41, 5.74) is 2.01. The molecule has 1 unspecified atom stereocenters.